The van der Waals surface area contributed by atoms with Crippen molar-refractivity contribution >= 4 is 68.7 Å². The van der Waals surface area contributed by atoms with E-state index in [9.17, 15) is 9.59 Å². The van der Waals surface area contributed by atoms with E-state index in [2.05, 4.69) is 55.8 Å². The molecule has 0 aliphatic heterocycles. The van der Waals surface area contributed by atoms with Crippen LogP contribution in [0.4, 0.5) is 21.0 Å². The minimum absolute atomic E-state index is 0.400. The molecule has 6 nitrogen and oxygen atoms in total. The minimum Gasteiger partial charge on any atom is -0.449 e. The van der Waals surface area contributed by atoms with E-state index in [0.29, 0.717) is 24.6 Å². The number of ether oxygens (including phenoxy) is 2. The fourth-order valence-corrected chi connectivity index (χ4v) is 2.01. The zero-order chi connectivity index (χ0) is 16.2. The first-order valence-corrected chi connectivity index (χ1v) is 9.80. The summed E-state index contributed by atoms with van der Waals surface area (Å²) in [5.41, 5.74) is 1.20. The first kappa shape index (κ1) is 19.3. The van der Waals surface area contributed by atoms with Gasteiger partial charge in [0, 0.05) is 20.2 Å². The number of benzene rings is 1. The first-order valence-electron chi connectivity index (χ1n) is 6.75. The van der Waals surface area contributed by atoms with Crippen LogP contribution in [0.3, 0.4) is 0 Å². The maximum atomic E-state index is 11.5. The minimum atomic E-state index is -0.483. The Morgan fingerprint density at radius 2 is 1.18 bits per heavy atom. The molecule has 0 bridgehead atoms. The van der Waals surface area contributed by atoms with Crippen LogP contribution in [0.2, 0.25) is 0 Å². The molecular formula is C14H18I2N2O4. The molecule has 1 aromatic rings. The van der Waals surface area contributed by atoms with Gasteiger partial charge in [-0.15, -0.1) is 0 Å². The summed E-state index contributed by atoms with van der Waals surface area (Å²) in [5.74, 6) is 0. The molecule has 2 N–H and O–H groups in total. The smallest absolute Gasteiger partial charge is 0.411 e. The summed E-state index contributed by atoms with van der Waals surface area (Å²) >= 11 is 4.45. The lowest BCUT2D eigenvalue weighted by molar-refractivity contribution is 0.161. The van der Waals surface area contributed by atoms with Crippen LogP contribution in [0.1, 0.15) is 12.8 Å². The van der Waals surface area contributed by atoms with Crippen molar-refractivity contribution in [1.82, 2.24) is 0 Å². The third-order valence-electron chi connectivity index (χ3n) is 2.40. The molecule has 122 valence electrons. The average Bonchev–Trinajstić information content (AvgIpc) is 2.50. The third kappa shape index (κ3) is 8.61. The lowest BCUT2D eigenvalue weighted by atomic mass is 10.3. The number of hydrogen-bond acceptors (Lipinski definition) is 4. The average molecular weight is 532 g/mol. The highest BCUT2D eigenvalue weighted by Crippen LogP contribution is 2.14. The molecule has 0 aromatic heterocycles. The first-order chi connectivity index (χ1) is 10.7. The molecule has 0 spiro atoms. The van der Waals surface area contributed by atoms with Crippen LogP contribution in [0, 0.1) is 0 Å². The Bertz CT molecular complexity index is 425. The number of halogens is 2. The van der Waals surface area contributed by atoms with E-state index in [0.717, 1.165) is 21.7 Å². The Balaban J connectivity index is 2.36. The Morgan fingerprint density at radius 1 is 0.818 bits per heavy atom. The van der Waals surface area contributed by atoms with E-state index in [1.54, 1.807) is 24.3 Å². The van der Waals surface area contributed by atoms with Gasteiger partial charge in [0.15, 0.2) is 0 Å². The van der Waals surface area contributed by atoms with Crippen LogP contribution in [-0.4, -0.2) is 34.3 Å². The van der Waals surface area contributed by atoms with Gasteiger partial charge in [0.2, 0.25) is 0 Å². The van der Waals surface area contributed by atoms with E-state index in [4.69, 9.17) is 9.47 Å². The molecule has 0 unspecified atom stereocenters. The Hall–Kier alpha value is -0.780. The van der Waals surface area contributed by atoms with Crippen molar-refractivity contribution in [3.8, 4) is 0 Å². The standard InChI is InChI=1S/C14H18I2N2O4/c15-7-1-9-21-13(19)17-11-3-5-12(6-4-11)18-14(20)22-10-2-8-16/h3-6H,1-2,7-10H2,(H,17,19)(H,18,20). The highest BCUT2D eigenvalue weighted by molar-refractivity contribution is 14.1. The van der Waals surface area contributed by atoms with Gasteiger partial charge in [-0.1, -0.05) is 45.2 Å². The van der Waals surface area contributed by atoms with Crippen LogP contribution >= 0.6 is 45.2 Å². The van der Waals surface area contributed by atoms with E-state index >= 15 is 0 Å². The summed E-state index contributed by atoms with van der Waals surface area (Å²) in [5, 5.41) is 5.23. The zero-order valence-electron chi connectivity index (χ0n) is 11.9. The van der Waals surface area contributed by atoms with Crippen LogP contribution in [0.25, 0.3) is 0 Å². The normalized spacial score (nSPS) is 9.91. The molecule has 0 aliphatic carbocycles. The molecule has 0 radical (unpaired) electrons. The van der Waals surface area contributed by atoms with Gasteiger partial charge in [-0.05, 0) is 37.1 Å². The predicted octanol–water partition coefficient (Wildman–Crippen LogP) is 4.43. The Labute approximate surface area is 157 Å². The zero-order valence-corrected chi connectivity index (χ0v) is 16.3. The number of nitrogens with one attached hydrogen (secondary N) is 2. The van der Waals surface area contributed by atoms with Crippen molar-refractivity contribution in [3.63, 3.8) is 0 Å². The van der Waals surface area contributed by atoms with Crippen LogP contribution in [-0.2, 0) is 9.47 Å². The number of carbonyl (C=O) groups is 2. The maximum absolute atomic E-state index is 11.5. The van der Waals surface area contributed by atoms with Crippen molar-refractivity contribution in [1.29, 1.82) is 0 Å². The quantitative estimate of drug-likeness (QED) is 0.295. The Morgan fingerprint density at radius 3 is 1.50 bits per heavy atom. The fraction of sp³-hybridized carbons (Fsp3) is 0.429. The molecule has 0 saturated heterocycles. The molecule has 1 aromatic carbocycles. The van der Waals surface area contributed by atoms with Gasteiger partial charge in [0.25, 0.3) is 0 Å². The van der Waals surface area contributed by atoms with Gasteiger partial charge in [-0.25, -0.2) is 9.59 Å². The third-order valence-corrected chi connectivity index (χ3v) is 3.93. The van der Waals surface area contributed by atoms with Crippen molar-refractivity contribution in [2.45, 2.75) is 12.8 Å². The number of anilines is 2. The second-order valence-corrected chi connectivity index (χ2v) is 6.34. The number of hydrogen-bond donors (Lipinski definition) is 2. The van der Waals surface area contributed by atoms with Crippen molar-refractivity contribution in [3.05, 3.63) is 24.3 Å². The van der Waals surface area contributed by atoms with Gasteiger partial charge in [-0.2, -0.15) is 0 Å². The number of carbonyl (C=O) groups excluding carboxylic acids is 2. The topological polar surface area (TPSA) is 76.7 Å². The predicted molar refractivity (Wildman–Crippen MR) is 103 cm³/mol. The number of alkyl halides is 2. The van der Waals surface area contributed by atoms with Crippen LogP contribution < -0.4 is 10.6 Å². The van der Waals surface area contributed by atoms with Gasteiger partial charge >= 0.3 is 12.2 Å². The molecule has 8 heteroatoms. The second-order valence-electron chi connectivity index (χ2n) is 4.18. The molecule has 22 heavy (non-hydrogen) atoms. The molecule has 1 rings (SSSR count). The number of rotatable bonds is 8. The summed E-state index contributed by atoms with van der Waals surface area (Å²) in [6.07, 6.45) is 0.694. The molecule has 0 saturated carbocycles. The lowest BCUT2D eigenvalue weighted by Gasteiger charge is -2.08. The SMILES string of the molecule is O=C(Nc1ccc(NC(=O)OCCCI)cc1)OCCCI. The monoisotopic (exact) mass is 532 g/mol. The second kappa shape index (κ2) is 11.7. The summed E-state index contributed by atoms with van der Waals surface area (Å²) < 4.78 is 11.9. The lowest BCUT2D eigenvalue weighted by Crippen LogP contribution is -2.15. The van der Waals surface area contributed by atoms with Gasteiger partial charge in [0.05, 0.1) is 13.2 Å². The Kier molecular flexibility index (Phi) is 10.3. The summed E-state index contributed by atoms with van der Waals surface area (Å²) in [7, 11) is 0. The van der Waals surface area contributed by atoms with E-state index in [-0.39, 0.29) is 0 Å². The molecular weight excluding hydrogens is 514 g/mol. The largest absolute Gasteiger partial charge is 0.449 e. The summed E-state index contributed by atoms with van der Waals surface area (Å²) in [4.78, 5) is 22.9. The van der Waals surface area contributed by atoms with Crippen molar-refractivity contribution in [2.24, 2.45) is 0 Å². The van der Waals surface area contributed by atoms with Crippen molar-refractivity contribution < 1.29 is 19.1 Å². The maximum Gasteiger partial charge on any atom is 0.411 e. The van der Waals surface area contributed by atoms with E-state index in [1.807, 2.05) is 0 Å². The van der Waals surface area contributed by atoms with Crippen LogP contribution in [0.5, 0.6) is 0 Å². The molecule has 0 atom stereocenters. The molecule has 0 fully saturated rings. The van der Waals surface area contributed by atoms with Gasteiger partial charge < -0.3 is 9.47 Å². The van der Waals surface area contributed by atoms with Gasteiger partial charge in [-0.3, -0.25) is 10.6 Å². The van der Waals surface area contributed by atoms with Crippen molar-refractivity contribution in [2.75, 3.05) is 32.7 Å². The highest BCUT2D eigenvalue weighted by Gasteiger charge is 2.05. The van der Waals surface area contributed by atoms with Gasteiger partial charge in [0.1, 0.15) is 0 Å². The number of amides is 2. The van der Waals surface area contributed by atoms with E-state index in [1.165, 1.54) is 0 Å². The van der Waals surface area contributed by atoms with Crippen LogP contribution in [0.15, 0.2) is 24.3 Å². The highest BCUT2D eigenvalue weighted by atomic mass is 127. The fourth-order valence-electron chi connectivity index (χ4n) is 1.38. The molecule has 0 heterocycles. The molecule has 0 aliphatic rings. The van der Waals surface area contributed by atoms with E-state index < -0.39 is 12.2 Å². The summed E-state index contributed by atoms with van der Waals surface area (Å²) in [6.45, 7) is 0.801. The summed E-state index contributed by atoms with van der Waals surface area (Å²) in [6, 6.07) is 6.72. The molecule has 2 amide bonds.